The number of thiophene rings is 1. The molecule has 10 nitrogen and oxygen atoms in total. The number of carbonyl (C=O) groups is 1. The number of rotatable bonds is 9. The molecule has 2 aromatic carbocycles. The number of benzene rings is 2. The number of hydrogen-bond donors (Lipinski definition) is 3. The quantitative estimate of drug-likeness (QED) is 0.142. The Balaban J connectivity index is 1.21. The van der Waals surface area contributed by atoms with Crippen LogP contribution in [-0.4, -0.2) is 33.2 Å². The third kappa shape index (κ3) is 5.47. The molecular formula is C38H32F2N6O4S. The summed E-state index contributed by atoms with van der Waals surface area (Å²) in [5.74, 6) is -0.370. The van der Waals surface area contributed by atoms with Gasteiger partial charge in [-0.25, -0.2) is 23.7 Å². The SMILES string of the molecule is COc1c(F)ccc2c1CC[C@H]2Nc1nc(C)cc2cc(-c3c4c(nc(CCc5ccc(F)cc5)c3-c3n[nH]c(=O)o3)C(C3CC3)NC4=O)sc12. The van der Waals surface area contributed by atoms with Crippen molar-refractivity contribution in [3.63, 3.8) is 0 Å². The summed E-state index contributed by atoms with van der Waals surface area (Å²) in [6.07, 6.45) is 4.35. The average Bonchev–Trinajstić information content (AvgIpc) is 3.37. The fraction of sp³-hybridized carbons (Fsp3) is 0.289. The minimum absolute atomic E-state index is 0.0379. The zero-order valence-corrected chi connectivity index (χ0v) is 28.5. The third-order valence-electron chi connectivity index (χ3n) is 10.1. The molecule has 9 rings (SSSR count). The van der Waals surface area contributed by atoms with E-state index in [0.717, 1.165) is 56.6 Å². The molecule has 0 spiro atoms. The van der Waals surface area contributed by atoms with E-state index in [1.54, 1.807) is 18.2 Å². The van der Waals surface area contributed by atoms with Crippen molar-refractivity contribution in [1.82, 2.24) is 25.5 Å². The summed E-state index contributed by atoms with van der Waals surface area (Å²) < 4.78 is 40.1. The molecule has 6 aromatic rings. The molecule has 2 atom stereocenters. The number of aryl methyl sites for hydroxylation is 3. The number of pyridine rings is 2. The first-order valence-corrected chi connectivity index (χ1v) is 17.8. The molecule has 51 heavy (non-hydrogen) atoms. The largest absolute Gasteiger partial charge is 0.493 e. The lowest BCUT2D eigenvalue weighted by Gasteiger charge is -2.17. The molecule has 13 heteroatoms. The number of amides is 1. The lowest BCUT2D eigenvalue weighted by molar-refractivity contribution is 0.0953. The van der Waals surface area contributed by atoms with Gasteiger partial charge in [0.1, 0.15) is 11.6 Å². The van der Waals surface area contributed by atoms with Crippen LogP contribution in [0.3, 0.4) is 0 Å². The monoisotopic (exact) mass is 706 g/mol. The first-order valence-electron chi connectivity index (χ1n) is 17.0. The van der Waals surface area contributed by atoms with Gasteiger partial charge in [0.25, 0.3) is 11.8 Å². The number of hydrogen-bond acceptors (Lipinski definition) is 9. The summed E-state index contributed by atoms with van der Waals surface area (Å²) in [7, 11) is 1.48. The number of anilines is 1. The lowest BCUT2D eigenvalue weighted by Crippen LogP contribution is -2.20. The molecule has 0 bridgehead atoms. The van der Waals surface area contributed by atoms with Gasteiger partial charge in [0.15, 0.2) is 11.6 Å². The smallest absolute Gasteiger partial charge is 0.434 e. The number of carbonyl (C=O) groups excluding carboxylic acids is 1. The van der Waals surface area contributed by atoms with Gasteiger partial charge in [-0.15, -0.1) is 16.4 Å². The molecule has 5 heterocycles. The van der Waals surface area contributed by atoms with Crippen LogP contribution in [0.2, 0.25) is 0 Å². The summed E-state index contributed by atoms with van der Waals surface area (Å²) >= 11 is 1.48. The Labute approximate surface area is 294 Å². The second-order valence-corrected chi connectivity index (χ2v) is 14.5. The zero-order chi connectivity index (χ0) is 35.0. The highest BCUT2D eigenvalue weighted by Gasteiger charge is 2.44. The summed E-state index contributed by atoms with van der Waals surface area (Å²) in [5.41, 5.74) is 6.35. The molecule has 1 fully saturated rings. The van der Waals surface area contributed by atoms with Gasteiger partial charge in [-0.3, -0.25) is 9.78 Å². The Hall–Kier alpha value is -5.43. The van der Waals surface area contributed by atoms with Crippen LogP contribution in [0.15, 0.2) is 57.7 Å². The molecule has 4 aromatic heterocycles. The van der Waals surface area contributed by atoms with Crippen LogP contribution in [-0.2, 0) is 19.3 Å². The molecule has 0 radical (unpaired) electrons. The van der Waals surface area contributed by atoms with E-state index in [4.69, 9.17) is 19.1 Å². The van der Waals surface area contributed by atoms with Crippen LogP contribution in [0, 0.1) is 24.5 Å². The van der Waals surface area contributed by atoms with E-state index in [1.165, 1.54) is 36.6 Å². The topological polar surface area (TPSA) is 135 Å². The normalized spacial score (nSPS) is 17.8. The van der Waals surface area contributed by atoms with Crippen molar-refractivity contribution in [2.45, 2.75) is 57.5 Å². The maximum atomic E-state index is 14.5. The van der Waals surface area contributed by atoms with E-state index in [2.05, 4.69) is 20.8 Å². The molecule has 1 unspecified atom stereocenters. The summed E-state index contributed by atoms with van der Waals surface area (Å²) in [5, 5.41) is 14.4. The van der Waals surface area contributed by atoms with Crippen molar-refractivity contribution in [3.8, 4) is 27.6 Å². The van der Waals surface area contributed by atoms with E-state index in [0.29, 0.717) is 59.1 Å². The molecule has 3 N–H and O–H groups in total. The van der Waals surface area contributed by atoms with Crippen molar-refractivity contribution in [2.24, 2.45) is 5.92 Å². The van der Waals surface area contributed by atoms with Gasteiger partial charge >= 0.3 is 5.76 Å². The second-order valence-electron chi connectivity index (χ2n) is 13.4. The van der Waals surface area contributed by atoms with Crippen LogP contribution in [0.5, 0.6) is 5.75 Å². The maximum Gasteiger partial charge on any atom is 0.434 e. The third-order valence-corrected chi connectivity index (χ3v) is 11.3. The van der Waals surface area contributed by atoms with Crippen LogP contribution < -0.4 is 21.1 Å². The predicted octanol–water partition coefficient (Wildman–Crippen LogP) is 7.38. The number of nitrogens with zero attached hydrogens (tertiary/aromatic N) is 3. The van der Waals surface area contributed by atoms with Crippen molar-refractivity contribution < 1.29 is 22.7 Å². The van der Waals surface area contributed by atoms with Crippen LogP contribution in [0.1, 0.15) is 75.5 Å². The van der Waals surface area contributed by atoms with Crippen LogP contribution >= 0.6 is 11.3 Å². The molecule has 1 saturated carbocycles. The highest BCUT2D eigenvalue weighted by atomic mass is 32.1. The number of H-pyrrole nitrogens is 1. The predicted molar refractivity (Wildman–Crippen MR) is 188 cm³/mol. The molecular weight excluding hydrogens is 675 g/mol. The summed E-state index contributed by atoms with van der Waals surface area (Å²) in [4.78, 5) is 37.1. The van der Waals surface area contributed by atoms with Gasteiger partial charge in [0.2, 0.25) is 0 Å². The fourth-order valence-corrected chi connectivity index (χ4v) is 8.80. The van der Waals surface area contributed by atoms with E-state index >= 15 is 0 Å². The van der Waals surface area contributed by atoms with Crippen LogP contribution in [0.4, 0.5) is 14.6 Å². The first-order chi connectivity index (χ1) is 24.7. The number of aromatic amines is 1. The van der Waals surface area contributed by atoms with E-state index in [-0.39, 0.29) is 41.3 Å². The highest BCUT2D eigenvalue weighted by molar-refractivity contribution is 7.23. The van der Waals surface area contributed by atoms with Gasteiger partial charge in [-0.2, -0.15) is 0 Å². The highest BCUT2D eigenvalue weighted by Crippen LogP contribution is 2.51. The van der Waals surface area contributed by atoms with Gasteiger partial charge in [0.05, 0.1) is 46.4 Å². The van der Waals surface area contributed by atoms with Crippen molar-refractivity contribution in [2.75, 3.05) is 12.4 Å². The molecule has 0 saturated heterocycles. The van der Waals surface area contributed by atoms with Crippen LogP contribution in [0.25, 0.3) is 32.0 Å². The molecule has 3 aliphatic rings. The number of fused-ring (bicyclic) bond motifs is 3. The molecule has 2 aliphatic carbocycles. The van der Waals surface area contributed by atoms with Gasteiger partial charge in [-0.1, -0.05) is 18.2 Å². The Bertz CT molecular complexity index is 2430. The van der Waals surface area contributed by atoms with Gasteiger partial charge < -0.3 is 19.8 Å². The minimum atomic E-state index is -0.725. The standard InChI is InChI=1S/C38H32F2N6O4S/c1-17-15-20-16-27(51-34(20)35(41-17)43-25-14-11-23-22(25)10-12-24(40)33(23)49-2)29-28(37-45-46-38(48)50-37)26(13-5-18-3-8-21(39)9-4-18)42-32-30(29)36(47)44-31(32)19-6-7-19/h3-4,8-10,12,15-16,19,25,31H,5-7,11,13-14H2,1-2H3,(H,41,43)(H,44,47)(H,46,48)/t25-,31?/m1/s1. The first kappa shape index (κ1) is 31.5. The minimum Gasteiger partial charge on any atom is -0.493 e. The molecule has 1 amide bonds. The Morgan fingerprint density at radius 2 is 1.82 bits per heavy atom. The number of aromatic nitrogens is 4. The van der Waals surface area contributed by atoms with Gasteiger partial charge in [-0.05, 0) is 98.2 Å². The number of ether oxygens (including phenoxy) is 1. The van der Waals surface area contributed by atoms with Crippen molar-refractivity contribution in [3.05, 3.63) is 110 Å². The maximum absolute atomic E-state index is 14.5. The number of methoxy groups -OCH3 is 1. The number of halogens is 2. The average molecular weight is 707 g/mol. The fourth-order valence-electron chi connectivity index (χ4n) is 7.65. The Kier molecular flexibility index (Phi) is 7.49. The second kappa shape index (κ2) is 12.1. The zero-order valence-electron chi connectivity index (χ0n) is 27.7. The Morgan fingerprint density at radius 1 is 1.00 bits per heavy atom. The molecule has 1 aliphatic heterocycles. The van der Waals surface area contributed by atoms with Crippen molar-refractivity contribution >= 4 is 33.1 Å². The summed E-state index contributed by atoms with van der Waals surface area (Å²) in [6.45, 7) is 1.93. The lowest BCUT2D eigenvalue weighted by atomic mass is 9.93. The number of nitrogens with one attached hydrogen (secondary N) is 3. The van der Waals surface area contributed by atoms with E-state index in [9.17, 15) is 18.4 Å². The van der Waals surface area contributed by atoms with E-state index < -0.39 is 5.76 Å². The summed E-state index contributed by atoms with van der Waals surface area (Å²) in [6, 6.07) is 13.3. The van der Waals surface area contributed by atoms with E-state index in [1.807, 2.05) is 19.1 Å². The van der Waals surface area contributed by atoms with Crippen molar-refractivity contribution in [1.29, 1.82) is 0 Å². The Morgan fingerprint density at radius 3 is 2.57 bits per heavy atom. The van der Waals surface area contributed by atoms with Gasteiger partial charge in [0, 0.05) is 21.7 Å². The molecule has 258 valence electrons.